The van der Waals surface area contributed by atoms with Crippen LogP contribution in [0.2, 0.25) is 0 Å². The van der Waals surface area contributed by atoms with Crippen LogP contribution in [0.4, 0.5) is 0 Å². The number of carbonyl (C=O) groups is 1. The molecule has 1 N–H and O–H groups in total. The molecule has 1 aliphatic carbocycles. The lowest BCUT2D eigenvalue weighted by atomic mass is 9.90. The van der Waals surface area contributed by atoms with Crippen LogP contribution < -0.4 is 5.32 Å². The van der Waals surface area contributed by atoms with Gasteiger partial charge in [-0.05, 0) is 43.2 Å². The predicted octanol–water partition coefficient (Wildman–Crippen LogP) is 2.34. The molecule has 2 aromatic rings. The number of hydrogen-bond donors (Lipinski definition) is 1. The fourth-order valence-corrected chi connectivity index (χ4v) is 4.53. The molecule has 116 valence electrons. The largest absolute Gasteiger partial charge is 0.344 e. The minimum Gasteiger partial charge on any atom is -0.344 e. The van der Waals surface area contributed by atoms with Crippen molar-refractivity contribution < 1.29 is 4.79 Å². The Bertz CT molecular complexity index is 718. The number of thiophene rings is 1. The van der Waals surface area contributed by atoms with E-state index in [0.29, 0.717) is 6.54 Å². The van der Waals surface area contributed by atoms with Gasteiger partial charge in [0.05, 0.1) is 11.4 Å². The molecule has 0 saturated heterocycles. The molecule has 2 aromatic heterocycles. The Kier molecular flexibility index (Phi) is 3.48. The number of aromatic nitrogens is 3. The summed E-state index contributed by atoms with van der Waals surface area (Å²) in [7, 11) is 0. The summed E-state index contributed by atoms with van der Waals surface area (Å²) in [5.74, 6) is 2.67. The van der Waals surface area contributed by atoms with Gasteiger partial charge in [0.2, 0.25) is 0 Å². The minimum atomic E-state index is 0.0161. The normalized spacial score (nSPS) is 19.8. The Hall–Kier alpha value is -1.69. The van der Waals surface area contributed by atoms with E-state index in [-0.39, 0.29) is 5.91 Å². The quantitative estimate of drug-likeness (QED) is 0.945. The molecule has 3 heterocycles. The topological polar surface area (TPSA) is 59.8 Å². The summed E-state index contributed by atoms with van der Waals surface area (Å²) in [6.45, 7) is 3.72. The summed E-state index contributed by atoms with van der Waals surface area (Å²) in [6, 6.07) is 2.08. The molecule has 22 heavy (non-hydrogen) atoms. The molecule has 0 spiro atoms. The van der Waals surface area contributed by atoms with Gasteiger partial charge in [0.1, 0.15) is 5.82 Å². The molecule has 6 heteroatoms. The number of aryl methyl sites for hydroxylation is 2. The third-order valence-corrected chi connectivity index (χ3v) is 5.88. The minimum absolute atomic E-state index is 0.0161. The van der Waals surface area contributed by atoms with Crippen LogP contribution in [0.25, 0.3) is 0 Å². The summed E-state index contributed by atoms with van der Waals surface area (Å²) in [5, 5.41) is 11.4. The Morgan fingerprint density at radius 1 is 1.45 bits per heavy atom. The van der Waals surface area contributed by atoms with Gasteiger partial charge >= 0.3 is 0 Å². The van der Waals surface area contributed by atoms with Gasteiger partial charge < -0.3 is 9.88 Å². The van der Waals surface area contributed by atoms with Crippen LogP contribution in [-0.4, -0.2) is 20.7 Å². The average molecular weight is 316 g/mol. The zero-order chi connectivity index (χ0) is 15.1. The van der Waals surface area contributed by atoms with Crippen LogP contribution in [0.5, 0.6) is 0 Å². The predicted molar refractivity (Wildman–Crippen MR) is 85.0 cm³/mol. The average Bonchev–Trinajstić information content (AvgIpc) is 3.19. The Morgan fingerprint density at radius 3 is 3.27 bits per heavy atom. The molecule has 0 saturated carbocycles. The maximum absolute atomic E-state index is 12.4. The molecule has 1 amide bonds. The van der Waals surface area contributed by atoms with E-state index in [1.165, 1.54) is 16.9 Å². The first kappa shape index (κ1) is 13.9. The zero-order valence-electron chi connectivity index (χ0n) is 12.8. The van der Waals surface area contributed by atoms with Crippen molar-refractivity contribution in [1.29, 1.82) is 0 Å². The van der Waals surface area contributed by atoms with Crippen LogP contribution in [0.15, 0.2) is 6.07 Å². The SMILES string of the molecule is C[C@@H]1CCc2sc(C(=O)NCc3nnc4n3CCC4)cc2C1. The van der Waals surface area contributed by atoms with E-state index >= 15 is 0 Å². The van der Waals surface area contributed by atoms with Gasteiger partial charge in [-0.3, -0.25) is 4.79 Å². The maximum Gasteiger partial charge on any atom is 0.261 e. The number of nitrogens with zero attached hydrogens (tertiary/aromatic N) is 3. The summed E-state index contributed by atoms with van der Waals surface area (Å²) < 4.78 is 2.13. The molecule has 1 atom stereocenters. The van der Waals surface area contributed by atoms with Crippen molar-refractivity contribution in [3.63, 3.8) is 0 Å². The van der Waals surface area contributed by atoms with Gasteiger partial charge in [0.25, 0.3) is 5.91 Å². The zero-order valence-corrected chi connectivity index (χ0v) is 13.6. The molecule has 0 fully saturated rings. The summed E-state index contributed by atoms with van der Waals surface area (Å²) in [6.07, 6.45) is 5.59. The van der Waals surface area contributed by atoms with Crippen molar-refractivity contribution in [1.82, 2.24) is 20.1 Å². The Balaban J connectivity index is 1.44. The van der Waals surface area contributed by atoms with Gasteiger partial charge in [-0.2, -0.15) is 0 Å². The van der Waals surface area contributed by atoms with Crippen molar-refractivity contribution in [2.75, 3.05) is 0 Å². The second-order valence-electron chi connectivity index (χ2n) is 6.38. The number of carbonyl (C=O) groups excluding carboxylic acids is 1. The fraction of sp³-hybridized carbons (Fsp3) is 0.562. The van der Waals surface area contributed by atoms with Crippen LogP contribution in [0.3, 0.4) is 0 Å². The number of rotatable bonds is 3. The van der Waals surface area contributed by atoms with E-state index in [0.717, 1.165) is 54.7 Å². The lowest BCUT2D eigenvalue weighted by Crippen LogP contribution is -2.23. The first-order chi connectivity index (χ1) is 10.7. The standard InChI is InChI=1S/C16H20N4OS/c1-10-4-5-12-11(7-10)8-13(22-12)16(21)17-9-15-19-18-14-3-2-6-20(14)15/h8,10H,2-7,9H2,1H3,(H,17,21)/t10-/m1/s1. The maximum atomic E-state index is 12.4. The Labute approximate surface area is 133 Å². The van der Waals surface area contributed by atoms with Gasteiger partial charge in [0.15, 0.2) is 5.82 Å². The monoisotopic (exact) mass is 316 g/mol. The van der Waals surface area contributed by atoms with Gasteiger partial charge in [-0.15, -0.1) is 21.5 Å². The highest BCUT2D eigenvalue weighted by Gasteiger charge is 2.21. The highest BCUT2D eigenvalue weighted by Crippen LogP contribution is 2.32. The second-order valence-corrected chi connectivity index (χ2v) is 7.51. The van der Waals surface area contributed by atoms with Crippen molar-refractivity contribution in [2.45, 2.75) is 52.1 Å². The van der Waals surface area contributed by atoms with Gasteiger partial charge in [-0.1, -0.05) is 6.92 Å². The molecule has 5 nitrogen and oxygen atoms in total. The molecule has 0 radical (unpaired) electrons. The van der Waals surface area contributed by atoms with Crippen molar-refractivity contribution in [3.8, 4) is 0 Å². The summed E-state index contributed by atoms with van der Waals surface area (Å²) in [4.78, 5) is 14.6. The van der Waals surface area contributed by atoms with Crippen molar-refractivity contribution >= 4 is 17.2 Å². The second kappa shape index (κ2) is 5.50. The van der Waals surface area contributed by atoms with E-state index in [1.807, 2.05) is 0 Å². The highest BCUT2D eigenvalue weighted by atomic mass is 32.1. The van der Waals surface area contributed by atoms with Crippen LogP contribution in [0, 0.1) is 5.92 Å². The third-order valence-electron chi connectivity index (χ3n) is 4.65. The third kappa shape index (κ3) is 2.45. The number of fused-ring (bicyclic) bond motifs is 2. The van der Waals surface area contributed by atoms with E-state index in [4.69, 9.17) is 0 Å². The molecule has 0 aromatic carbocycles. The number of nitrogens with one attached hydrogen (secondary N) is 1. The fourth-order valence-electron chi connectivity index (χ4n) is 3.41. The molecular formula is C16H20N4OS. The molecule has 0 unspecified atom stereocenters. The lowest BCUT2D eigenvalue weighted by molar-refractivity contribution is 0.0953. The van der Waals surface area contributed by atoms with E-state index in [1.54, 1.807) is 11.3 Å². The number of hydrogen-bond acceptors (Lipinski definition) is 4. The molecular weight excluding hydrogens is 296 g/mol. The van der Waals surface area contributed by atoms with Crippen LogP contribution >= 0.6 is 11.3 Å². The Morgan fingerprint density at radius 2 is 2.36 bits per heavy atom. The van der Waals surface area contributed by atoms with E-state index in [2.05, 4.69) is 33.1 Å². The van der Waals surface area contributed by atoms with Crippen LogP contribution in [-0.2, 0) is 32.4 Å². The molecule has 1 aliphatic heterocycles. The summed E-state index contributed by atoms with van der Waals surface area (Å²) >= 11 is 1.65. The highest BCUT2D eigenvalue weighted by molar-refractivity contribution is 7.14. The van der Waals surface area contributed by atoms with Crippen molar-refractivity contribution in [3.05, 3.63) is 33.0 Å². The lowest BCUT2D eigenvalue weighted by Gasteiger charge is -2.16. The smallest absolute Gasteiger partial charge is 0.261 e. The molecule has 4 rings (SSSR count). The first-order valence-corrected chi connectivity index (χ1v) is 8.83. The van der Waals surface area contributed by atoms with E-state index in [9.17, 15) is 4.79 Å². The number of amides is 1. The van der Waals surface area contributed by atoms with Crippen molar-refractivity contribution in [2.24, 2.45) is 5.92 Å². The van der Waals surface area contributed by atoms with Gasteiger partial charge in [0, 0.05) is 17.8 Å². The molecule has 0 bridgehead atoms. The van der Waals surface area contributed by atoms with Gasteiger partial charge in [-0.25, -0.2) is 0 Å². The first-order valence-electron chi connectivity index (χ1n) is 8.01. The van der Waals surface area contributed by atoms with E-state index < -0.39 is 0 Å². The molecule has 2 aliphatic rings. The summed E-state index contributed by atoms with van der Waals surface area (Å²) in [5.41, 5.74) is 1.37. The van der Waals surface area contributed by atoms with Crippen LogP contribution in [0.1, 0.15) is 51.5 Å².